The van der Waals surface area contributed by atoms with Gasteiger partial charge in [-0.2, -0.15) is 8.42 Å². The van der Waals surface area contributed by atoms with Crippen LogP contribution in [0.3, 0.4) is 0 Å². The van der Waals surface area contributed by atoms with Crippen LogP contribution in [-0.4, -0.2) is 45.0 Å². The maximum atomic E-state index is 10.7. The summed E-state index contributed by atoms with van der Waals surface area (Å²) in [6.07, 6.45) is 0.130. The topological polar surface area (TPSA) is 84.9 Å². The lowest BCUT2D eigenvalue weighted by atomic mass is 9.91. The smallest absolute Gasteiger partial charge is 0.264 e. The van der Waals surface area contributed by atoms with Crippen LogP contribution in [0.15, 0.2) is 24.3 Å². The van der Waals surface area contributed by atoms with Gasteiger partial charge < -0.3 is 14.8 Å². The first-order chi connectivity index (χ1) is 10.2. The van der Waals surface area contributed by atoms with Crippen molar-refractivity contribution in [2.75, 3.05) is 26.5 Å². The molecule has 0 saturated heterocycles. The molecule has 0 aliphatic carbocycles. The van der Waals surface area contributed by atoms with E-state index in [0.717, 1.165) is 11.3 Å². The van der Waals surface area contributed by atoms with E-state index in [-0.39, 0.29) is 11.9 Å². The van der Waals surface area contributed by atoms with E-state index in [1.54, 1.807) is 14.2 Å². The second-order valence-corrected chi connectivity index (χ2v) is 7.25. The van der Waals surface area contributed by atoms with Gasteiger partial charge in [0.1, 0.15) is 5.75 Å². The zero-order valence-electron chi connectivity index (χ0n) is 13.5. The van der Waals surface area contributed by atoms with Crippen LogP contribution in [-0.2, 0) is 14.9 Å². The van der Waals surface area contributed by atoms with Gasteiger partial charge in [0.05, 0.1) is 19.0 Å². The number of hydrogen-bond acceptors (Lipinski definition) is 5. The summed E-state index contributed by atoms with van der Waals surface area (Å²) in [5.41, 5.74) is 0.596. The summed E-state index contributed by atoms with van der Waals surface area (Å²) in [4.78, 5) is 0. The molecule has 1 rings (SSSR count). The van der Waals surface area contributed by atoms with Gasteiger partial charge in [-0.25, -0.2) is 0 Å². The third kappa shape index (κ3) is 5.92. The summed E-state index contributed by atoms with van der Waals surface area (Å²) in [5.74, 6) is 0.522. The Kier molecular flexibility index (Phi) is 6.80. The number of hydrogen-bond donors (Lipinski definition) is 2. The fraction of sp³-hybridized carbons (Fsp3) is 0.600. The Balaban J connectivity index is 2.69. The molecule has 1 aromatic rings. The van der Waals surface area contributed by atoms with Crippen molar-refractivity contribution in [1.29, 1.82) is 0 Å². The predicted octanol–water partition coefficient (Wildman–Crippen LogP) is 2.03. The molecule has 0 aliphatic heterocycles. The zero-order chi connectivity index (χ0) is 16.8. The number of benzene rings is 1. The van der Waals surface area contributed by atoms with Gasteiger partial charge in [0.2, 0.25) is 0 Å². The average molecular weight is 331 g/mol. The van der Waals surface area contributed by atoms with Gasteiger partial charge in [0, 0.05) is 12.6 Å². The molecule has 0 radical (unpaired) electrons. The van der Waals surface area contributed by atoms with Crippen molar-refractivity contribution in [3.8, 4) is 5.75 Å². The fourth-order valence-corrected chi connectivity index (χ4v) is 2.89. The van der Waals surface area contributed by atoms with Crippen molar-refractivity contribution in [2.24, 2.45) is 0 Å². The van der Waals surface area contributed by atoms with Gasteiger partial charge in [0.25, 0.3) is 10.1 Å². The van der Waals surface area contributed by atoms with E-state index in [0.29, 0.717) is 13.0 Å². The van der Waals surface area contributed by atoms with Crippen molar-refractivity contribution in [1.82, 2.24) is 5.32 Å². The molecular formula is C15H25NO5S. The van der Waals surface area contributed by atoms with Gasteiger partial charge in [0.15, 0.2) is 0 Å². The van der Waals surface area contributed by atoms with E-state index in [1.165, 1.54) is 0 Å². The maximum absolute atomic E-state index is 10.7. The predicted molar refractivity (Wildman–Crippen MR) is 85.9 cm³/mol. The summed E-state index contributed by atoms with van der Waals surface area (Å²) in [6.45, 7) is 4.43. The zero-order valence-corrected chi connectivity index (χ0v) is 14.3. The quantitative estimate of drug-likeness (QED) is 0.532. The molecule has 22 heavy (non-hydrogen) atoms. The van der Waals surface area contributed by atoms with Crippen LogP contribution in [0.2, 0.25) is 0 Å². The third-order valence-corrected chi connectivity index (χ3v) is 4.27. The molecule has 6 nitrogen and oxygen atoms in total. The van der Waals surface area contributed by atoms with Gasteiger partial charge in [-0.1, -0.05) is 12.1 Å². The first-order valence-electron chi connectivity index (χ1n) is 7.06. The van der Waals surface area contributed by atoms with Gasteiger partial charge in [-0.15, -0.1) is 0 Å². The van der Waals surface area contributed by atoms with E-state index in [4.69, 9.17) is 14.0 Å². The largest absolute Gasteiger partial charge is 0.497 e. The maximum Gasteiger partial charge on any atom is 0.264 e. The number of nitrogens with one attached hydrogen (secondary N) is 1. The fourth-order valence-electron chi connectivity index (χ4n) is 2.38. The van der Waals surface area contributed by atoms with E-state index < -0.39 is 15.7 Å². The minimum atomic E-state index is -3.91. The van der Waals surface area contributed by atoms with E-state index >= 15 is 0 Å². The molecule has 1 atom stereocenters. The minimum absolute atomic E-state index is 0.205. The Morgan fingerprint density at radius 1 is 1.23 bits per heavy atom. The average Bonchev–Trinajstić information content (AvgIpc) is 2.44. The summed E-state index contributed by atoms with van der Waals surface area (Å²) in [6, 6.07) is 7.62. The molecule has 0 aliphatic rings. The number of methoxy groups -OCH3 is 2. The van der Waals surface area contributed by atoms with Crippen LogP contribution in [0.5, 0.6) is 5.75 Å². The molecule has 0 fully saturated rings. The molecule has 2 N–H and O–H groups in total. The van der Waals surface area contributed by atoms with Crippen LogP contribution in [0, 0.1) is 0 Å². The lowest BCUT2D eigenvalue weighted by molar-refractivity contribution is 0.0314. The summed E-state index contributed by atoms with van der Waals surface area (Å²) >= 11 is 0. The monoisotopic (exact) mass is 331 g/mol. The number of ether oxygens (including phenoxy) is 2. The highest BCUT2D eigenvalue weighted by Gasteiger charge is 2.30. The lowest BCUT2D eigenvalue weighted by Crippen LogP contribution is -2.46. The Bertz CT molecular complexity index is 554. The first-order valence-corrected chi connectivity index (χ1v) is 8.67. The van der Waals surface area contributed by atoms with Crippen LogP contribution in [0.25, 0.3) is 0 Å². The van der Waals surface area contributed by atoms with Gasteiger partial charge >= 0.3 is 0 Å². The van der Waals surface area contributed by atoms with E-state index in [9.17, 15) is 8.42 Å². The first kappa shape index (κ1) is 18.9. The van der Waals surface area contributed by atoms with Crippen LogP contribution in [0.4, 0.5) is 0 Å². The lowest BCUT2D eigenvalue weighted by Gasteiger charge is -2.35. The molecule has 0 amide bonds. The molecule has 7 heteroatoms. The normalized spacial score (nSPS) is 13.9. The molecule has 0 spiro atoms. The minimum Gasteiger partial charge on any atom is -0.497 e. The molecular weight excluding hydrogens is 306 g/mol. The summed E-state index contributed by atoms with van der Waals surface area (Å²) < 4.78 is 40.9. The van der Waals surface area contributed by atoms with Crippen LogP contribution < -0.4 is 10.1 Å². The molecule has 126 valence electrons. The van der Waals surface area contributed by atoms with Crippen molar-refractivity contribution in [2.45, 2.75) is 31.9 Å². The second kappa shape index (κ2) is 7.92. The van der Waals surface area contributed by atoms with Crippen molar-refractivity contribution in [3.05, 3.63) is 29.8 Å². The van der Waals surface area contributed by atoms with Crippen LogP contribution in [0.1, 0.15) is 31.9 Å². The van der Waals surface area contributed by atoms with E-state index in [2.05, 4.69) is 5.32 Å². The number of rotatable bonds is 9. The molecule has 0 aromatic heterocycles. The molecule has 0 bridgehead atoms. The highest BCUT2D eigenvalue weighted by atomic mass is 32.2. The second-order valence-electron chi connectivity index (χ2n) is 5.68. The Labute approximate surface area is 132 Å². The highest BCUT2D eigenvalue weighted by Crippen LogP contribution is 2.30. The molecule has 0 saturated carbocycles. The Morgan fingerprint density at radius 3 is 2.27 bits per heavy atom. The SMILES string of the molecule is COc1ccc(C(OC)C(C)(C)NCCCS(=O)(=O)O)cc1. The van der Waals surface area contributed by atoms with Gasteiger partial charge in [-0.3, -0.25) is 4.55 Å². The molecule has 1 unspecified atom stereocenters. The Morgan fingerprint density at radius 2 is 1.82 bits per heavy atom. The van der Waals surface area contributed by atoms with Gasteiger partial charge in [-0.05, 0) is 44.5 Å². The van der Waals surface area contributed by atoms with Crippen molar-refractivity contribution < 1.29 is 22.4 Å². The van der Waals surface area contributed by atoms with Crippen LogP contribution >= 0.6 is 0 Å². The Hall–Kier alpha value is -1.15. The standard InChI is InChI=1S/C15H25NO5S/c1-15(2,16-10-5-11-22(17,18)19)14(21-4)12-6-8-13(20-3)9-7-12/h6-9,14,16H,5,10-11H2,1-4H3,(H,17,18,19). The van der Waals surface area contributed by atoms with Crippen molar-refractivity contribution in [3.63, 3.8) is 0 Å². The summed E-state index contributed by atoms with van der Waals surface area (Å²) in [5, 5.41) is 3.28. The van der Waals surface area contributed by atoms with Crippen molar-refractivity contribution >= 4 is 10.1 Å². The molecule has 0 heterocycles. The highest BCUT2D eigenvalue weighted by molar-refractivity contribution is 7.85. The van der Waals surface area contributed by atoms with E-state index in [1.807, 2.05) is 38.1 Å². The third-order valence-electron chi connectivity index (χ3n) is 3.47. The summed E-state index contributed by atoms with van der Waals surface area (Å²) in [7, 11) is -0.663. The molecule has 1 aromatic carbocycles.